The van der Waals surface area contributed by atoms with E-state index in [2.05, 4.69) is 74.4 Å². The summed E-state index contributed by atoms with van der Waals surface area (Å²) in [5.74, 6) is -6.31. The molecule has 1 unspecified atom stereocenters. The molecule has 119 heavy (non-hydrogen) atoms. The number of benzene rings is 8. The number of esters is 2. The molecular weight excluding hydrogens is 1790 g/mol. The summed E-state index contributed by atoms with van der Waals surface area (Å²) in [5.41, 5.74) is 1.48. The molecule has 13 aromatic rings. The lowest BCUT2D eigenvalue weighted by Gasteiger charge is -2.26. The zero-order chi connectivity index (χ0) is 87.2. The van der Waals surface area contributed by atoms with Crippen molar-refractivity contribution in [3.63, 3.8) is 0 Å². The van der Waals surface area contributed by atoms with Crippen molar-refractivity contribution in [3.8, 4) is 0 Å². The first-order valence-electron chi connectivity index (χ1n) is 36.5. The monoisotopic (exact) mass is 1870 g/mol. The van der Waals surface area contributed by atoms with Crippen LogP contribution in [0.4, 0.5) is 5.69 Å². The summed E-state index contributed by atoms with van der Waals surface area (Å²) in [6, 6.07) is 53.5. The minimum atomic E-state index is -1.36. The number of aromatic nitrogens is 5. The van der Waals surface area contributed by atoms with Crippen LogP contribution in [-0.4, -0.2) is 109 Å². The number of amides is 2. The highest BCUT2D eigenvalue weighted by Crippen LogP contribution is 2.26. The number of carboxylic acid groups (broad SMARTS) is 3. The molecule has 2 amide bonds. The summed E-state index contributed by atoms with van der Waals surface area (Å²) in [4.78, 5) is 156. The van der Waals surface area contributed by atoms with Crippen LogP contribution in [0, 0.1) is 16.0 Å². The minimum Gasteiger partial charge on any atom is -0.477 e. The molecule has 0 aliphatic heterocycles. The van der Waals surface area contributed by atoms with Crippen LogP contribution in [0.25, 0.3) is 54.5 Å². The average Bonchev–Trinajstić information content (AvgIpc) is 0.749. The number of halogens is 4. The standard InChI is InChI=1S/C26H29BrN2O4.C23H23BrN2O4.C17H12BrNO3.C11H8BrNO3.C11H8N2O5/c1-16(2)22(25(32)33-26(3,4)5)28-24(31)20-15-29(14-17-9-7-6-8-10-17)21-12-11-18(27)13-19(21)23(20)30;1-23(2,3)30-20(27)12-25-22(29)18-14-26(13-15-7-5-4-6-8-15)19-10-9-16(24)11-17(19)21(18)28;18-12-6-7-15-13(8-12)16(20)14(17(21)22)10-19(15)9-11-4-2-1-3-5-11;1-13-5-8(11(15)16)10(14)7-4-6(12)2-3-9(7)13;1-12-5-8(11(15)16)10(14)7-4-6(13(17)18)2-3-9(7)12/h6-13,15-16,22H,14H2,1-5H3,(H,28,31);4-11,14H,12-13H2,1-3H3,(H,25,29);1-8,10H,9H2,(H,21,22);2-5H,1H3,(H,15,16);2-5H,1H3,(H,15,16). The number of carbonyl (C=O) groups excluding carboxylic acids is 4. The molecule has 0 aliphatic rings. The lowest BCUT2D eigenvalue weighted by molar-refractivity contribution is -0.384. The fraction of sp³-hybridized carbons (Fsp3) is 0.205. The Balaban J connectivity index is 0.000000174. The predicted octanol–water partition coefficient (Wildman–Crippen LogP) is 15.4. The van der Waals surface area contributed by atoms with Gasteiger partial charge in [0, 0.05) is 116 Å². The van der Waals surface area contributed by atoms with Gasteiger partial charge in [0.1, 0.15) is 51.6 Å². The van der Waals surface area contributed by atoms with Gasteiger partial charge in [-0.3, -0.25) is 48.5 Å². The maximum Gasteiger partial charge on any atom is 0.341 e. The first kappa shape index (κ1) is 90.3. The second kappa shape index (κ2) is 39.1. The fourth-order valence-corrected chi connectivity index (χ4v) is 13.8. The van der Waals surface area contributed by atoms with Gasteiger partial charge in [-0.15, -0.1) is 0 Å². The first-order valence-corrected chi connectivity index (χ1v) is 39.7. The average molecular weight is 1870 g/mol. The van der Waals surface area contributed by atoms with Crippen LogP contribution in [0.2, 0.25) is 0 Å². The summed E-state index contributed by atoms with van der Waals surface area (Å²) >= 11 is 13.4. The number of pyridine rings is 5. The van der Waals surface area contributed by atoms with Crippen LogP contribution in [0.5, 0.6) is 0 Å². The van der Waals surface area contributed by atoms with Gasteiger partial charge in [-0.05, 0) is 143 Å². The van der Waals surface area contributed by atoms with Gasteiger partial charge in [-0.2, -0.15) is 0 Å². The Hall–Kier alpha value is -12.6. The number of rotatable bonds is 17. The third kappa shape index (κ3) is 23.4. The Kier molecular flexibility index (Phi) is 29.7. The second-order valence-electron chi connectivity index (χ2n) is 29.4. The number of hydrogen-bond acceptors (Lipinski definition) is 16. The van der Waals surface area contributed by atoms with Gasteiger partial charge in [0.25, 0.3) is 17.5 Å². The molecule has 0 bridgehead atoms. The zero-order valence-corrected chi connectivity index (χ0v) is 72.1. The summed E-state index contributed by atoms with van der Waals surface area (Å²) in [5, 5.41) is 44.6. The largest absolute Gasteiger partial charge is 0.477 e. The van der Waals surface area contributed by atoms with Crippen molar-refractivity contribution in [2.24, 2.45) is 20.0 Å². The smallest absolute Gasteiger partial charge is 0.341 e. The summed E-state index contributed by atoms with van der Waals surface area (Å²) < 4.78 is 22.3. The molecule has 0 spiro atoms. The third-order valence-electron chi connectivity index (χ3n) is 17.9. The van der Waals surface area contributed by atoms with Crippen molar-refractivity contribution in [1.82, 2.24) is 33.5 Å². The Bertz CT molecular complexity index is 6450. The number of carboxylic acids is 3. The number of nitro benzene ring substituents is 1. The van der Waals surface area contributed by atoms with Gasteiger partial charge in [0.15, 0.2) is 0 Å². The van der Waals surface area contributed by atoms with E-state index in [1.165, 1.54) is 41.5 Å². The zero-order valence-electron chi connectivity index (χ0n) is 65.8. The molecule has 614 valence electrons. The second-order valence-corrected chi connectivity index (χ2v) is 33.1. The number of ether oxygens (including phenoxy) is 2. The number of nitrogens with one attached hydrogen (secondary N) is 2. The lowest BCUT2D eigenvalue weighted by atomic mass is 10.0. The van der Waals surface area contributed by atoms with Gasteiger partial charge in [-0.1, -0.05) is 169 Å². The molecule has 13 rings (SSSR count). The van der Waals surface area contributed by atoms with Gasteiger partial charge in [0.2, 0.25) is 27.1 Å². The molecule has 1 atom stereocenters. The number of non-ortho nitro benzene ring substituents is 1. The maximum absolute atomic E-state index is 13.3. The van der Waals surface area contributed by atoms with E-state index in [0.717, 1.165) is 51.7 Å². The quantitative estimate of drug-likeness (QED) is 0.0321. The van der Waals surface area contributed by atoms with E-state index >= 15 is 0 Å². The summed E-state index contributed by atoms with van der Waals surface area (Å²) in [6.07, 6.45) is 7.04. The normalized spacial score (nSPS) is 11.4. The van der Waals surface area contributed by atoms with Gasteiger partial charge in [0.05, 0.1) is 37.9 Å². The van der Waals surface area contributed by atoms with E-state index in [0.29, 0.717) is 57.7 Å². The van der Waals surface area contributed by atoms with E-state index in [1.54, 1.807) is 101 Å². The van der Waals surface area contributed by atoms with Gasteiger partial charge < -0.3 is 58.3 Å². The van der Waals surface area contributed by atoms with Crippen molar-refractivity contribution < 1.29 is 63.3 Å². The van der Waals surface area contributed by atoms with Crippen LogP contribution in [0.3, 0.4) is 0 Å². The molecule has 0 radical (unpaired) electrons. The number of aromatic carboxylic acids is 3. The predicted molar refractivity (Wildman–Crippen MR) is 468 cm³/mol. The number of hydrogen-bond donors (Lipinski definition) is 5. The Morgan fingerprint density at radius 2 is 0.723 bits per heavy atom. The molecule has 5 aromatic heterocycles. The fourth-order valence-electron chi connectivity index (χ4n) is 12.4. The molecule has 0 saturated carbocycles. The number of carbonyl (C=O) groups is 7. The maximum atomic E-state index is 13.3. The van der Waals surface area contributed by atoms with E-state index in [1.807, 2.05) is 156 Å². The molecular formula is C88H80Br4N8O19. The number of nitrogens with zero attached hydrogens (tertiary/aromatic N) is 6. The SMILES string of the molecule is CC(C)(C)OC(=O)CNC(=O)c1cn(Cc2ccccc2)c2ccc(Br)cc2c1=O.CC(C)C(NC(=O)c1cn(Cc2ccccc2)c2ccc(Br)cc2c1=O)C(=O)OC(C)(C)C.Cn1cc(C(=O)O)c(=O)c2cc(Br)ccc21.Cn1cc(C(=O)O)c(=O)c2cc([N+](=O)[O-])ccc21.O=C(O)c1cn(Cc2ccccc2)c2ccc(Br)cc2c1=O. The van der Waals surface area contributed by atoms with Gasteiger partial charge >= 0.3 is 29.8 Å². The first-order chi connectivity index (χ1) is 56.1. The number of nitro groups is 1. The van der Waals surface area contributed by atoms with Crippen molar-refractivity contribution in [3.05, 3.63) is 337 Å². The topological polar surface area (TPSA) is 376 Å². The van der Waals surface area contributed by atoms with Crippen molar-refractivity contribution in [2.75, 3.05) is 6.54 Å². The van der Waals surface area contributed by atoms with E-state index in [9.17, 15) is 72.8 Å². The molecule has 31 heteroatoms. The molecule has 0 fully saturated rings. The number of aryl methyl sites for hydroxylation is 2. The number of fused-ring (bicyclic) bond motifs is 5. The highest BCUT2D eigenvalue weighted by Gasteiger charge is 2.31. The van der Waals surface area contributed by atoms with Crippen LogP contribution in [0.1, 0.15) is 124 Å². The van der Waals surface area contributed by atoms with E-state index in [-0.39, 0.29) is 51.2 Å². The highest BCUT2D eigenvalue weighted by atomic mass is 79.9. The Labute approximate surface area is 712 Å². The Morgan fingerprint density at radius 3 is 1.06 bits per heavy atom. The van der Waals surface area contributed by atoms with Crippen LogP contribution >= 0.6 is 63.7 Å². The molecule has 5 N–H and O–H groups in total. The van der Waals surface area contributed by atoms with Crippen molar-refractivity contribution in [2.45, 2.75) is 92.3 Å². The lowest BCUT2D eigenvalue weighted by Crippen LogP contribution is -2.48. The molecule has 0 saturated heterocycles. The highest BCUT2D eigenvalue weighted by molar-refractivity contribution is 9.11. The van der Waals surface area contributed by atoms with Crippen LogP contribution in [0.15, 0.2) is 255 Å². The van der Waals surface area contributed by atoms with E-state index in [4.69, 9.17) is 19.7 Å². The third-order valence-corrected chi connectivity index (χ3v) is 19.8. The summed E-state index contributed by atoms with van der Waals surface area (Å²) in [7, 11) is 3.28. The molecule has 8 aromatic carbocycles. The minimum absolute atomic E-state index is 0.0200. The molecule has 27 nitrogen and oxygen atoms in total. The molecule has 0 aliphatic carbocycles. The van der Waals surface area contributed by atoms with E-state index < -0.39 is 91.1 Å². The Morgan fingerprint density at radius 1 is 0.420 bits per heavy atom. The van der Waals surface area contributed by atoms with Gasteiger partial charge in [-0.25, -0.2) is 19.2 Å². The van der Waals surface area contributed by atoms with Crippen molar-refractivity contribution >= 4 is 166 Å². The van der Waals surface area contributed by atoms with Crippen LogP contribution < -0.4 is 37.8 Å². The van der Waals surface area contributed by atoms with Crippen molar-refractivity contribution in [1.29, 1.82) is 0 Å². The summed E-state index contributed by atoms with van der Waals surface area (Å²) in [6.45, 7) is 15.4. The molecule has 5 heterocycles. The van der Waals surface area contributed by atoms with Crippen LogP contribution in [-0.2, 0) is 52.8 Å².